The van der Waals surface area contributed by atoms with Gasteiger partial charge in [0.05, 0.1) is 10.6 Å². The molecule has 0 fully saturated rings. The maximum absolute atomic E-state index is 11.7. The number of benzene rings is 1. The molecule has 0 atom stereocenters. The summed E-state index contributed by atoms with van der Waals surface area (Å²) in [6.45, 7) is 0. The fraction of sp³-hybridized carbons (Fsp3) is 0.125. The van der Waals surface area contributed by atoms with Crippen LogP contribution in [0.15, 0.2) is 18.2 Å². The van der Waals surface area contributed by atoms with Crippen LogP contribution in [0.1, 0.15) is 5.56 Å². The maximum atomic E-state index is 11.7. The number of nitrogens with zero attached hydrogens (tertiary/aromatic N) is 1. The minimum Gasteiger partial charge on any atom is -0.406 e. The Morgan fingerprint density at radius 2 is 2.00 bits per heavy atom. The Bertz CT molecular complexity index is 383. The molecule has 0 spiro atoms. The van der Waals surface area contributed by atoms with Crippen LogP contribution in [0.4, 0.5) is 13.2 Å². The van der Waals surface area contributed by atoms with Gasteiger partial charge in [-0.15, -0.1) is 13.2 Å². The molecule has 0 saturated carbocycles. The minimum atomic E-state index is -4.76. The van der Waals surface area contributed by atoms with Crippen molar-refractivity contribution in [3.63, 3.8) is 0 Å². The molecule has 0 radical (unpaired) electrons. The molecule has 0 N–H and O–H groups in total. The highest BCUT2D eigenvalue weighted by Gasteiger charge is 2.31. The Morgan fingerprint density at radius 3 is 2.50 bits per heavy atom. The van der Waals surface area contributed by atoms with E-state index in [1.807, 2.05) is 0 Å². The molecule has 0 unspecified atom stereocenters. The van der Waals surface area contributed by atoms with E-state index in [0.717, 1.165) is 12.1 Å². The van der Waals surface area contributed by atoms with Crippen LogP contribution in [0.25, 0.3) is 0 Å². The summed E-state index contributed by atoms with van der Waals surface area (Å²) in [6, 6.07) is 4.77. The lowest BCUT2D eigenvalue weighted by atomic mass is 10.2. The molecule has 2 nitrogen and oxygen atoms in total. The van der Waals surface area contributed by atoms with E-state index in [-0.39, 0.29) is 10.6 Å². The first-order chi connectivity index (χ1) is 6.42. The van der Waals surface area contributed by atoms with E-state index in [2.05, 4.69) is 4.74 Å². The highest BCUT2D eigenvalue weighted by molar-refractivity contribution is 6.31. The van der Waals surface area contributed by atoms with Gasteiger partial charge in [0.1, 0.15) is 11.8 Å². The van der Waals surface area contributed by atoms with Crippen molar-refractivity contribution in [3.8, 4) is 11.8 Å². The second-order valence-corrected chi connectivity index (χ2v) is 2.71. The summed E-state index contributed by atoms with van der Waals surface area (Å²) >= 11 is 5.51. The first kappa shape index (κ1) is 10.7. The van der Waals surface area contributed by atoms with Crippen LogP contribution in [0.2, 0.25) is 5.02 Å². The third-order valence-electron chi connectivity index (χ3n) is 1.29. The monoisotopic (exact) mass is 221 g/mol. The van der Waals surface area contributed by atoms with Gasteiger partial charge >= 0.3 is 6.36 Å². The normalized spacial score (nSPS) is 10.8. The number of hydrogen-bond acceptors (Lipinski definition) is 2. The third-order valence-corrected chi connectivity index (χ3v) is 1.62. The topological polar surface area (TPSA) is 33.0 Å². The third kappa shape index (κ3) is 2.82. The van der Waals surface area contributed by atoms with Crippen molar-refractivity contribution >= 4 is 11.6 Å². The molecule has 14 heavy (non-hydrogen) atoms. The molecule has 0 heterocycles. The molecule has 0 saturated heterocycles. The lowest BCUT2D eigenvalue weighted by Gasteiger charge is -2.08. The highest BCUT2D eigenvalue weighted by Crippen LogP contribution is 2.26. The summed E-state index contributed by atoms with van der Waals surface area (Å²) in [6.07, 6.45) is -4.76. The van der Waals surface area contributed by atoms with Crippen molar-refractivity contribution in [2.24, 2.45) is 0 Å². The molecule has 1 aromatic carbocycles. The number of ether oxygens (including phenoxy) is 1. The Kier molecular flexibility index (Phi) is 2.87. The summed E-state index contributed by atoms with van der Waals surface area (Å²) < 4.78 is 38.8. The number of alkyl halides is 3. The first-order valence-electron chi connectivity index (χ1n) is 3.38. The van der Waals surface area contributed by atoms with Gasteiger partial charge in [-0.2, -0.15) is 5.26 Å². The van der Waals surface area contributed by atoms with Crippen molar-refractivity contribution in [1.29, 1.82) is 5.26 Å². The van der Waals surface area contributed by atoms with Crippen molar-refractivity contribution in [2.45, 2.75) is 6.36 Å². The average Bonchev–Trinajstić information content (AvgIpc) is 2.06. The SMILES string of the molecule is N#Cc1cc(OC(F)(F)F)ccc1Cl. The molecule has 1 aromatic rings. The van der Waals surface area contributed by atoms with Gasteiger partial charge in [0.15, 0.2) is 0 Å². The fourth-order valence-corrected chi connectivity index (χ4v) is 0.947. The minimum absolute atomic E-state index is 0.0617. The Balaban J connectivity index is 2.97. The maximum Gasteiger partial charge on any atom is 0.573 e. The van der Waals surface area contributed by atoms with Gasteiger partial charge in [0.25, 0.3) is 0 Å². The number of rotatable bonds is 1. The van der Waals surface area contributed by atoms with Gasteiger partial charge < -0.3 is 4.74 Å². The number of nitriles is 1. The van der Waals surface area contributed by atoms with Crippen LogP contribution in [-0.4, -0.2) is 6.36 Å². The summed E-state index contributed by atoms with van der Waals surface area (Å²) in [7, 11) is 0. The predicted octanol–water partition coefficient (Wildman–Crippen LogP) is 3.11. The van der Waals surface area contributed by atoms with Crippen LogP contribution < -0.4 is 4.74 Å². The van der Waals surface area contributed by atoms with Crippen LogP contribution >= 0.6 is 11.6 Å². The fourth-order valence-electron chi connectivity index (χ4n) is 0.787. The highest BCUT2D eigenvalue weighted by atomic mass is 35.5. The van der Waals surface area contributed by atoms with E-state index in [1.165, 1.54) is 6.07 Å². The molecule has 0 aromatic heterocycles. The Hall–Kier alpha value is -1.41. The van der Waals surface area contributed by atoms with E-state index in [0.29, 0.717) is 0 Å². The zero-order valence-electron chi connectivity index (χ0n) is 6.60. The second-order valence-electron chi connectivity index (χ2n) is 2.30. The lowest BCUT2D eigenvalue weighted by Crippen LogP contribution is -2.17. The van der Waals surface area contributed by atoms with E-state index in [4.69, 9.17) is 16.9 Å². The van der Waals surface area contributed by atoms with Crippen molar-refractivity contribution < 1.29 is 17.9 Å². The van der Waals surface area contributed by atoms with Gasteiger partial charge in [-0.3, -0.25) is 0 Å². The molecule has 1 rings (SSSR count). The Morgan fingerprint density at radius 1 is 1.36 bits per heavy atom. The second kappa shape index (κ2) is 3.76. The van der Waals surface area contributed by atoms with Gasteiger partial charge in [0.2, 0.25) is 0 Å². The standard InChI is InChI=1S/C8H3ClF3NO/c9-7-2-1-6(3-5(7)4-13)14-8(10,11)12/h1-3H. The number of hydrogen-bond donors (Lipinski definition) is 0. The molecule has 0 aliphatic carbocycles. The zero-order valence-corrected chi connectivity index (χ0v) is 7.36. The van der Waals surface area contributed by atoms with Crippen LogP contribution in [0, 0.1) is 11.3 Å². The zero-order chi connectivity index (χ0) is 10.8. The van der Waals surface area contributed by atoms with E-state index in [1.54, 1.807) is 6.07 Å². The van der Waals surface area contributed by atoms with E-state index in [9.17, 15) is 13.2 Å². The Labute approximate surface area is 82.5 Å². The summed E-state index contributed by atoms with van der Waals surface area (Å²) in [4.78, 5) is 0. The lowest BCUT2D eigenvalue weighted by molar-refractivity contribution is -0.274. The number of halogens is 4. The van der Waals surface area contributed by atoms with Gasteiger partial charge in [-0.25, -0.2) is 0 Å². The predicted molar refractivity (Wildman–Crippen MR) is 42.9 cm³/mol. The molecule has 0 bridgehead atoms. The van der Waals surface area contributed by atoms with Crippen molar-refractivity contribution in [3.05, 3.63) is 28.8 Å². The van der Waals surface area contributed by atoms with Crippen LogP contribution in [0.5, 0.6) is 5.75 Å². The molecular weight excluding hydrogens is 219 g/mol. The van der Waals surface area contributed by atoms with Crippen LogP contribution in [-0.2, 0) is 0 Å². The van der Waals surface area contributed by atoms with Crippen molar-refractivity contribution in [1.82, 2.24) is 0 Å². The molecular formula is C8H3ClF3NO. The van der Waals surface area contributed by atoms with Gasteiger partial charge in [-0.1, -0.05) is 11.6 Å². The quantitative estimate of drug-likeness (QED) is 0.730. The molecule has 0 amide bonds. The van der Waals surface area contributed by atoms with Crippen molar-refractivity contribution in [2.75, 3.05) is 0 Å². The van der Waals surface area contributed by atoms with E-state index >= 15 is 0 Å². The van der Waals surface area contributed by atoms with Gasteiger partial charge in [-0.05, 0) is 18.2 Å². The largest absolute Gasteiger partial charge is 0.573 e. The molecule has 74 valence electrons. The van der Waals surface area contributed by atoms with Crippen LogP contribution in [0.3, 0.4) is 0 Å². The molecule has 0 aliphatic heterocycles. The first-order valence-corrected chi connectivity index (χ1v) is 3.75. The summed E-state index contributed by atoms with van der Waals surface area (Å²) in [5.41, 5.74) is -0.0617. The average molecular weight is 222 g/mol. The smallest absolute Gasteiger partial charge is 0.406 e. The molecule has 6 heteroatoms. The van der Waals surface area contributed by atoms with Gasteiger partial charge in [0, 0.05) is 0 Å². The summed E-state index contributed by atoms with van der Waals surface area (Å²) in [5.74, 6) is -0.460. The van der Waals surface area contributed by atoms with E-state index < -0.39 is 12.1 Å². The molecule has 0 aliphatic rings. The summed E-state index contributed by atoms with van der Waals surface area (Å²) in [5, 5.41) is 8.56.